The summed E-state index contributed by atoms with van der Waals surface area (Å²) in [5.41, 5.74) is 0.619. The summed E-state index contributed by atoms with van der Waals surface area (Å²) in [5, 5.41) is 0.544. The topological polar surface area (TPSA) is 23.6 Å². The molecule has 1 aliphatic rings. The van der Waals surface area contributed by atoms with E-state index in [1.54, 1.807) is 12.1 Å². The van der Waals surface area contributed by atoms with Gasteiger partial charge >= 0.3 is 0 Å². The van der Waals surface area contributed by atoms with Crippen LogP contribution in [-0.2, 0) is 0 Å². The lowest BCUT2D eigenvalue weighted by atomic mass is 10.1. The van der Waals surface area contributed by atoms with E-state index in [9.17, 15) is 4.79 Å². The molecular weight excluding hydrogens is 272 g/mol. The highest BCUT2D eigenvalue weighted by atomic mass is 35.5. The molecule has 1 saturated heterocycles. The Kier molecular flexibility index (Phi) is 5.86. The van der Waals surface area contributed by atoms with Crippen molar-refractivity contribution in [3.8, 4) is 0 Å². The molecule has 0 bridgehead atoms. The van der Waals surface area contributed by atoms with Crippen LogP contribution in [-0.4, -0.2) is 48.4 Å². The predicted octanol–water partition coefficient (Wildman–Crippen LogP) is 3.29. The monoisotopic (exact) mass is 294 g/mol. The maximum absolute atomic E-state index is 12.4. The van der Waals surface area contributed by atoms with Gasteiger partial charge in [0.2, 0.25) is 0 Å². The first-order chi connectivity index (χ1) is 9.72. The largest absolute Gasteiger partial charge is 0.336 e. The second-order valence-electron chi connectivity index (χ2n) is 5.32. The van der Waals surface area contributed by atoms with Gasteiger partial charge in [0.05, 0.1) is 10.6 Å². The van der Waals surface area contributed by atoms with E-state index < -0.39 is 0 Å². The quantitative estimate of drug-likeness (QED) is 0.778. The normalized spacial score (nSPS) is 16.4. The molecule has 0 aromatic heterocycles. The van der Waals surface area contributed by atoms with E-state index in [0.29, 0.717) is 10.6 Å². The third-order valence-electron chi connectivity index (χ3n) is 3.84. The van der Waals surface area contributed by atoms with Crippen LogP contribution in [0.1, 0.15) is 36.5 Å². The van der Waals surface area contributed by atoms with E-state index >= 15 is 0 Å². The van der Waals surface area contributed by atoms with E-state index in [0.717, 1.165) is 32.7 Å². The first-order valence-corrected chi connectivity index (χ1v) is 7.86. The van der Waals surface area contributed by atoms with Gasteiger partial charge in [0.25, 0.3) is 5.91 Å². The fourth-order valence-corrected chi connectivity index (χ4v) is 2.78. The van der Waals surface area contributed by atoms with Crippen LogP contribution in [0.3, 0.4) is 0 Å². The standard InChI is InChI=1S/C16H23ClN2O/c1-2-3-6-9-18-10-12-19(13-11-18)16(20)14-7-4-5-8-15(14)17/h4-5,7-8H,2-3,6,9-13H2,1H3. The number of piperazine rings is 1. The lowest BCUT2D eigenvalue weighted by Crippen LogP contribution is -2.48. The van der Waals surface area contributed by atoms with Crippen molar-refractivity contribution in [3.63, 3.8) is 0 Å². The first kappa shape index (κ1) is 15.3. The Morgan fingerprint density at radius 2 is 1.85 bits per heavy atom. The van der Waals surface area contributed by atoms with E-state index in [1.807, 2.05) is 17.0 Å². The van der Waals surface area contributed by atoms with Crippen LogP contribution in [0.2, 0.25) is 5.02 Å². The summed E-state index contributed by atoms with van der Waals surface area (Å²) < 4.78 is 0. The van der Waals surface area contributed by atoms with Gasteiger partial charge in [-0.15, -0.1) is 0 Å². The number of amides is 1. The Morgan fingerprint density at radius 1 is 1.15 bits per heavy atom. The Hall–Kier alpha value is -1.06. The minimum absolute atomic E-state index is 0.0591. The number of halogens is 1. The number of nitrogens with zero attached hydrogens (tertiary/aromatic N) is 2. The number of hydrogen-bond donors (Lipinski definition) is 0. The average Bonchev–Trinajstić information content (AvgIpc) is 2.48. The number of hydrogen-bond acceptors (Lipinski definition) is 2. The van der Waals surface area contributed by atoms with Gasteiger partial charge in [-0.3, -0.25) is 9.69 Å². The second-order valence-corrected chi connectivity index (χ2v) is 5.73. The predicted molar refractivity (Wildman–Crippen MR) is 83.3 cm³/mol. The van der Waals surface area contributed by atoms with Gasteiger partial charge in [-0.05, 0) is 25.1 Å². The molecule has 3 nitrogen and oxygen atoms in total. The van der Waals surface area contributed by atoms with Gasteiger partial charge in [-0.1, -0.05) is 43.5 Å². The zero-order valence-electron chi connectivity index (χ0n) is 12.1. The van der Waals surface area contributed by atoms with E-state index in [-0.39, 0.29) is 5.91 Å². The smallest absolute Gasteiger partial charge is 0.255 e. The highest BCUT2D eigenvalue weighted by molar-refractivity contribution is 6.33. The Balaban J connectivity index is 1.85. The molecule has 0 atom stereocenters. The summed E-state index contributed by atoms with van der Waals surface area (Å²) in [5.74, 6) is 0.0591. The summed E-state index contributed by atoms with van der Waals surface area (Å²) >= 11 is 6.09. The molecule has 2 rings (SSSR count). The summed E-state index contributed by atoms with van der Waals surface area (Å²) in [4.78, 5) is 16.8. The van der Waals surface area contributed by atoms with Crippen LogP contribution in [0.5, 0.6) is 0 Å². The maximum Gasteiger partial charge on any atom is 0.255 e. The second kappa shape index (κ2) is 7.65. The van der Waals surface area contributed by atoms with Gasteiger partial charge in [-0.2, -0.15) is 0 Å². The molecule has 1 fully saturated rings. The number of rotatable bonds is 5. The lowest BCUT2D eigenvalue weighted by molar-refractivity contribution is 0.0635. The molecule has 1 aromatic carbocycles. The number of carbonyl (C=O) groups excluding carboxylic acids is 1. The molecule has 1 aliphatic heterocycles. The molecular formula is C16H23ClN2O. The van der Waals surface area contributed by atoms with Crippen molar-refractivity contribution < 1.29 is 4.79 Å². The minimum atomic E-state index is 0.0591. The van der Waals surface area contributed by atoms with Crippen LogP contribution in [0.4, 0.5) is 0 Å². The van der Waals surface area contributed by atoms with E-state index in [1.165, 1.54) is 19.3 Å². The third kappa shape index (κ3) is 3.97. The molecule has 0 radical (unpaired) electrons. The minimum Gasteiger partial charge on any atom is -0.336 e. The molecule has 1 aromatic rings. The van der Waals surface area contributed by atoms with Crippen LogP contribution < -0.4 is 0 Å². The molecule has 110 valence electrons. The van der Waals surface area contributed by atoms with Gasteiger partial charge in [0.15, 0.2) is 0 Å². The molecule has 0 unspecified atom stereocenters. The van der Waals surface area contributed by atoms with Crippen LogP contribution in [0.25, 0.3) is 0 Å². The maximum atomic E-state index is 12.4. The van der Waals surface area contributed by atoms with Crippen LogP contribution in [0.15, 0.2) is 24.3 Å². The number of benzene rings is 1. The van der Waals surface area contributed by atoms with Gasteiger partial charge in [0.1, 0.15) is 0 Å². The van der Waals surface area contributed by atoms with Crippen molar-refractivity contribution in [2.45, 2.75) is 26.2 Å². The van der Waals surface area contributed by atoms with Crippen molar-refractivity contribution in [1.29, 1.82) is 0 Å². The summed E-state index contributed by atoms with van der Waals surface area (Å²) in [7, 11) is 0. The summed E-state index contributed by atoms with van der Waals surface area (Å²) in [6, 6.07) is 7.29. The zero-order valence-corrected chi connectivity index (χ0v) is 12.9. The molecule has 0 aliphatic carbocycles. The van der Waals surface area contributed by atoms with Crippen molar-refractivity contribution in [2.24, 2.45) is 0 Å². The number of carbonyl (C=O) groups is 1. The van der Waals surface area contributed by atoms with Gasteiger partial charge in [-0.25, -0.2) is 0 Å². The molecule has 20 heavy (non-hydrogen) atoms. The van der Waals surface area contributed by atoms with Crippen molar-refractivity contribution in [2.75, 3.05) is 32.7 Å². The summed E-state index contributed by atoms with van der Waals surface area (Å²) in [6.45, 7) is 6.92. The van der Waals surface area contributed by atoms with E-state index in [2.05, 4.69) is 11.8 Å². The number of unbranched alkanes of at least 4 members (excludes halogenated alkanes) is 2. The molecule has 0 spiro atoms. The fourth-order valence-electron chi connectivity index (χ4n) is 2.56. The van der Waals surface area contributed by atoms with Crippen LogP contribution >= 0.6 is 11.6 Å². The van der Waals surface area contributed by atoms with Crippen molar-refractivity contribution in [3.05, 3.63) is 34.9 Å². The molecule has 1 heterocycles. The summed E-state index contributed by atoms with van der Waals surface area (Å²) in [6.07, 6.45) is 3.80. The van der Waals surface area contributed by atoms with E-state index in [4.69, 9.17) is 11.6 Å². The molecule has 1 amide bonds. The van der Waals surface area contributed by atoms with Crippen LogP contribution in [0, 0.1) is 0 Å². The Labute approximate surface area is 126 Å². The lowest BCUT2D eigenvalue weighted by Gasteiger charge is -2.34. The van der Waals surface area contributed by atoms with Crippen molar-refractivity contribution in [1.82, 2.24) is 9.80 Å². The SMILES string of the molecule is CCCCCN1CCN(C(=O)c2ccccc2Cl)CC1. The average molecular weight is 295 g/mol. The highest BCUT2D eigenvalue weighted by Crippen LogP contribution is 2.18. The zero-order chi connectivity index (χ0) is 14.4. The molecule has 0 saturated carbocycles. The Bertz CT molecular complexity index is 442. The van der Waals surface area contributed by atoms with Gasteiger partial charge < -0.3 is 4.90 Å². The first-order valence-electron chi connectivity index (χ1n) is 7.48. The van der Waals surface area contributed by atoms with Gasteiger partial charge in [0, 0.05) is 26.2 Å². The third-order valence-corrected chi connectivity index (χ3v) is 4.17. The van der Waals surface area contributed by atoms with Crippen molar-refractivity contribution >= 4 is 17.5 Å². The Morgan fingerprint density at radius 3 is 2.50 bits per heavy atom. The fraction of sp³-hybridized carbons (Fsp3) is 0.562. The molecule has 4 heteroatoms. The molecule has 0 N–H and O–H groups in total. The highest BCUT2D eigenvalue weighted by Gasteiger charge is 2.22.